The zero-order valence-corrected chi connectivity index (χ0v) is 16.9. The van der Waals surface area contributed by atoms with E-state index in [4.69, 9.17) is 32.7 Å². The first-order valence-corrected chi connectivity index (χ1v) is 9.20. The number of anilines is 2. The maximum absolute atomic E-state index is 12.4. The van der Waals surface area contributed by atoms with Gasteiger partial charge in [-0.2, -0.15) is 0 Å². The van der Waals surface area contributed by atoms with E-state index in [-0.39, 0.29) is 16.2 Å². The molecule has 2 aromatic carbocycles. The number of benzene rings is 2. The Labute approximate surface area is 176 Å². The Kier molecular flexibility index (Phi) is 5.81. The fourth-order valence-corrected chi connectivity index (χ4v) is 2.99. The van der Waals surface area contributed by atoms with Crippen LogP contribution in [-0.4, -0.2) is 23.6 Å². The molecule has 2 aromatic rings. The van der Waals surface area contributed by atoms with Crippen molar-refractivity contribution in [1.82, 2.24) is 0 Å². The molecule has 0 spiro atoms. The normalized spacial score (nSPS) is 15.2. The lowest BCUT2D eigenvalue weighted by atomic mass is 10.2. The molecule has 9 heteroatoms. The number of cyclic esters (lactones) is 2. The number of amides is 1. The van der Waals surface area contributed by atoms with E-state index < -0.39 is 23.6 Å². The summed E-state index contributed by atoms with van der Waals surface area (Å²) in [5, 5.41) is 6.18. The number of rotatable bonds is 4. The third-order valence-electron chi connectivity index (χ3n) is 3.80. The van der Waals surface area contributed by atoms with E-state index in [0.717, 1.165) is 0 Å². The topological polar surface area (TPSA) is 93.7 Å². The Balaban J connectivity index is 1.72. The van der Waals surface area contributed by atoms with E-state index in [1.54, 1.807) is 30.3 Å². The van der Waals surface area contributed by atoms with Gasteiger partial charge < -0.3 is 20.1 Å². The predicted molar refractivity (Wildman–Crippen MR) is 109 cm³/mol. The van der Waals surface area contributed by atoms with Gasteiger partial charge in [-0.15, -0.1) is 0 Å². The lowest BCUT2D eigenvalue weighted by Gasteiger charge is -2.29. The largest absolute Gasteiger partial charge is 0.419 e. The minimum atomic E-state index is -1.31. The van der Waals surface area contributed by atoms with E-state index in [9.17, 15) is 14.4 Å². The van der Waals surface area contributed by atoms with Crippen LogP contribution < -0.4 is 10.6 Å². The Morgan fingerprint density at radius 1 is 1.00 bits per heavy atom. The molecule has 29 heavy (non-hydrogen) atoms. The van der Waals surface area contributed by atoms with Gasteiger partial charge in [-0.25, -0.2) is 9.59 Å². The number of hydrogen-bond donors (Lipinski definition) is 2. The Morgan fingerprint density at radius 3 is 2.31 bits per heavy atom. The molecule has 1 fully saturated rings. The Hall–Kier alpha value is -3.03. The molecule has 0 unspecified atom stereocenters. The van der Waals surface area contributed by atoms with Gasteiger partial charge in [0.25, 0.3) is 11.7 Å². The molecule has 2 N–H and O–H groups in total. The molecular formula is C20H16Cl2N2O5. The van der Waals surface area contributed by atoms with Crippen molar-refractivity contribution in [3.63, 3.8) is 0 Å². The van der Waals surface area contributed by atoms with Crippen molar-refractivity contribution < 1.29 is 23.9 Å². The van der Waals surface area contributed by atoms with Crippen LogP contribution in [0.4, 0.5) is 11.4 Å². The summed E-state index contributed by atoms with van der Waals surface area (Å²) in [7, 11) is 0. The summed E-state index contributed by atoms with van der Waals surface area (Å²) >= 11 is 11.9. The van der Waals surface area contributed by atoms with Gasteiger partial charge in [-0.05, 0) is 36.4 Å². The van der Waals surface area contributed by atoms with Crippen molar-refractivity contribution in [3.8, 4) is 0 Å². The Morgan fingerprint density at radius 2 is 1.66 bits per heavy atom. The van der Waals surface area contributed by atoms with Gasteiger partial charge in [0.2, 0.25) is 0 Å². The molecule has 3 rings (SSSR count). The number of carbonyl (C=O) groups excluding carboxylic acids is 3. The molecule has 0 bridgehead atoms. The summed E-state index contributed by atoms with van der Waals surface area (Å²) in [5.41, 5.74) is 0.987. The first kappa shape index (κ1) is 20.7. The van der Waals surface area contributed by atoms with Crippen LogP contribution in [0.5, 0.6) is 0 Å². The maximum atomic E-state index is 12.4. The van der Waals surface area contributed by atoms with Crippen molar-refractivity contribution >= 4 is 52.4 Å². The third-order valence-corrected chi connectivity index (χ3v) is 4.34. The molecular weight excluding hydrogens is 419 g/mol. The average Bonchev–Trinajstić information content (AvgIpc) is 2.60. The highest BCUT2D eigenvalue weighted by Gasteiger charge is 2.38. The van der Waals surface area contributed by atoms with Gasteiger partial charge in [0.1, 0.15) is 0 Å². The monoisotopic (exact) mass is 434 g/mol. The van der Waals surface area contributed by atoms with Crippen LogP contribution in [-0.2, 0) is 19.1 Å². The van der Waals surface area contributed by atoms with Crippen LogP contribution in [0.15, 0.2) is 54.2 Å². The summed E-state index contributed by atoms with van der Waals surface area (Å²) in [5.74, 6) is -3.30. The summed E-state index contributed by atoms with van der Waals surface area (Å²) in [6.07, 6.45) is 1.19. The van der Waals surface area contributed by atoms with Gasteiger partial charge in [-0.3, -0.25) is 4.79 Å². The summed E-state index contributed by atoms with van der Waals surface area (Å²) < 4.78 is 10.0. The molecule has 150 valence electrons. The van der Waals surface area contributed by atoms with Gasteiger partial charge in [0.05, 0.1) is 10.6 Å². The van der Waals surface area contributed by atoms with Crippen molar-refractivity contribution in [2.24, 2.45) is 0 Å². The zero-order valence-electron chi connectivity index (χ0n) is 15.4. The zero-order chi connectivity index (χ0) is 21.2. The highest BCUT2D eigenvalue weighted by Crippen LogP contribution is 2.24. The van der Waals surface area contributed by atoms with Gasteiger partial charge in [0, 0.05) is 36.4 Å². The summed E-state index contributed by atoms with van der Waals surface area (Å²) in [4.78, 5) is 36.3. The van der Waals surface area contributed by atoms with Crippen LogP contribution in [0.1, 0.15) is 24.2 Å². The first-order valence-electron chi connectivity index (χ1n) is 8.44. The Bertz CT molecular complexity index is 1010. The quantitative estimate of drug-likeness (QED) is 0.421. The molecule has 0 aromatic heterocycles. The lowest BCUT2D eigenvalue weighted by Crippen LogP contribution is -2.42. The molecule has 0 saturated carbocycles. The van der Waals surface area contributed by atoms with Crippen LogP contribution in [0.2, 0.25) is 10.0 Å². The molecule has 0 radical (unpaired) electrons. The minimum Gasteiger partial charge on any atom is -0.419 e. The number of ether oxygens (including phenoxy) is 2. The van der Waals surface area contributed by atoms with E-state index in [1.165, 1.54) is 32.2 Å². The van der Waals surface area contributed by atoms with Crippen molar-refractivity contribution in [2.75, 3.05) is 10.6 Å². The number of carbonyl (C=O) groups is 3. The minimum absolute atomic E-state index is 0.228. The fraction of sp³-hybridized carbons (Fsp3) is 0.150. The number of hydrogen-bond acceptors (Lipinski definition) is 6. The number of halogens is 2. The molecule has 1 heterocycles. The van der Waals surface area contributed by atoms with E-state index in [2.05, 4.69) is 10.6 Å². The van der Waals surface area contributed by atoms with Crippen LogP contribution in [0, 0.1) is 0 Å². The SMILES string of the molecule is CC1(C)OC(=O)C(=CNc2cccc(NC(=O)c3ccc(Cl)cc3Cl)c2)C(=O)O1. The predicted octanol–water partition coefficient (Wildman–Crippen LogP) is 4.38. The molecule has 7 nitrogen and oxygen atoms in total. The second-order valence-corrected chi connectivity index (χ2v) is 7.38. The molecule has 1 saturated heterocycles. The highest BCUT2D eigenvalue weighted by atomic mass is 35.5. The molecule has 0 atom stereocenters. The van der Waals surface area contributed by atoms with Crippen molar-refractivity contribution in [2.45, 2.75) is 19.6 Å². The van der Waals surface area contributed by atoms with Crippen molar-refractivity contribution in [1.29, 1.82) is 0 Å². The van der Waals surface area contributed by atoms with E-state index in [0.29, 0.717) is 16.4 Å². The molecule has 1 aliphatic rings. The number of nitrogens with one attached hydrogen (secondary N) is 2. The van der Waals surface area contributed by atoms with Crippen LogP contribution in [0.25, 0.3) is 0 Å². The second kappa shape index (κ2) is 8.14. The van der Waals surface area contributed by atoms with E-state index >= 15 is 0 Å². The molecule has 1 amide bonds. The fourth-order valence-electron chi connectivity index (χ4n) is 2.49. The van der Waals surface area contributed by atoms with Crippen LogP contribution in [0.3, 0.4) is 0 Å². The number of esters is 2. The molecule has 1 aliphatic heterocycles. The first-order chi connectivity index (χ1) is 13.6. The summed E-state index contributed by atoms with van der Waals surface area (Å²) in [6, 6.07) is 11.2. The highest BCUT2D eigenvalue weighted by molar-refractivity contribution is 6.37. The van der Waals surface area contributed by atoms with Crippen molar-refractivity contribution in [3.05, 3.63) is 69.8 Å². The van der Waals surface area contributed by atoms with Gasteiger partial charge in [-0.1, -0.05) is 29.3 Å². The molecule has 0 aliphatic carbocycles. The lowest BCUT2D eigenvalue weighted by molar-refractivity contribution is -0.222. The second-order valence-electron chi connectivity index (χ2n) is 6.54. The van der Waals surface area contributed by atoms with Crippen LogP contribution >= 0.6 is 23.2 Å². The van der Waals surface area contributed by atoms with Gasteiger partial charge >= 0.3 is 11.9 Å². The standard InChI is InChI=1S/C20H16Cl2N2O5/c1-20(2)28-18(26)15(19(27)29-20)10-23-12-4-3-5-13(9-12)24-17(25)14-7-6-11(21)8-16(14)22/h3-10,23H,1-2H3,(H,24,25). The average molecular weight is 435 g/mol. The smallest absolute Gasteiger partial charge is 0.350 e. The van der Waals surface area contributed by atoms with Gasteiger partial charge in [0.15, 0.2) is 5.57 Å². The van der Waals surface area contributed by atoms with E-state index in [1.807, 2.05) is 0 Å². The summed E-state index contributed by atoms with van der Waals surface area (Å²) in [6.45, 7) is 2.93. The maximum Gasteiger partial charge on any atom is 0.350 e. The third kappa shape index (κ3) is 5.07.